The third-order valence-corrected chi connectivity index (χ3v) is 4.01. The minimum absolute atomic E-state index is 0.0997. The normalized spacial score (nSPS) is 10.2. The highest BCUT2D eigenvalue weighted by Gasteiger charge is 2.09. The third-order valence-electron chi connectivity index (χ3n) is 3.70. The maximum absolute atomic E-state index is 12.3. The molecule has 0 bridgehead atoms. The van der Waals surface area contributed by atoms with Gasteiger partial charge in [-0.05, 0) is 48.9 Å². The third kappa shape index (κ3) is 4.77. The van der Waals surface area contributed by atoms with E-state index < -0.39 is 0 Å². The first-order chi connectivity index (χ1) is 12.6. The van der Waals surface area contributed by atoms with Crippen LogP contribution in [0.4, 0.5) is 11.4 Å². The maximum atomic E-state index is 12.3. The van der Waals surface area contributed by atoms with Crippen LogP contribution in [0.25, 0.3) is 0 Å². The van der Waals surface area contributed by atoms with Crippen molar-refractivity contribution >= 4 is 28.9 Å². The molecule has 0 aromatic heterocycles. The first kappa shape index (κ1) is 17.8. The van der Waals surface area contributed by atoms with Crippen molar-refractivity contribution in [2.75, 3.05) is 17.2 Å². The van der Waals surface area contributed by atoms with Gasteiger partial charge in [-0.15, -0.1) is 0 Å². The zero-order chi connectivity index (χ0) is 18.4. The summed E-state index contributed by atoms with van der Waals surface area (Å²) in [4.78, 5) is 12.3. The van der Waals surface area contributed by atoms with Crippen LogP contribution in [0.2, 0.25) is 5.02 Å². The highest BCUT2D eigenvalue weighted by atomic mass is 35.5. The largest absolute Gasteiger partial charge is 0.455 e. The minimum Gasteiger partial charge on any atom is -0.455 e. The van der Waals surface area contributed by atoms with Gasteiger partial charge in [0.05, 0.1) is 22.9 Å². The molecule has 0 unspecified atom stereocenters. The van der Waals surface area contributed by atoms with Crippen molar-refractivity contribution in [1.82, 2.24) is 0 Å². The minimum atomic E-state index is -0.189. The molecule has 0 heterocycles. The molecule has 2 N–H and O–H groups in total. The molecule has 0 radical (unpaired) electrons. The molecule has 0 saturated carbocycles. The van der Waals surface area contributed by atoms with Crippen LogP contribution >= 0.6 is 11.6 Å². The lowest BCUT2D eigenvalue weighted by atomic mass is 10.2. The molecule has 26 heavy (non-hydrogen) atoms. The van der Waals surface area contributed by atoms with Crippen molar-refractivity contribution in [3.8, 4) is 11.5 Å². The Morgan fingerprint density at radius 1 is 0.962 bits per heavy atom. The molecule has 3 aromatic rings. The Hall–Kier alpha value is -2.98. The molecule has 1 amide bonds. The van der Waals surface area contributed by atoms with Crippen molar-refractivity contribution in [1.29, 1.82) is 0 Å². The van der Waals surface area contributed by atoms with Gasteiger partial charge in [0, 0.05) is 0 Å². The summed E-state index contributed by atoms with van der Waals surface area (Å²) < 4.78 is 5.85. The monoisotopic (exact) mass is 366 g/mol. The van der Waals surface area contributed by atoms with Crippen LogP contribution in [0.5, 0.6) is 11.5 Å². The van der Waals surface area contributed by atoms with Gasteiger partial charge in [0.25, 0.3) is 0 Å². The molecule has 0 saturated heterocycles. The first-order valence-corrected chi connectivity index (χ1v) is 8.61. The summed E-state index contributed by atoms with van der Waals surface area (Å²) in [6, 6.07) is 22.4. The number of hydrogen-bond donors (Lipinski definition) is 2. The van der Waals surface area contributed by atoms with Crippen molar-refractivity contribution in [2.45, 2.75) is 6.92 Å². The van der Waals surface area contributed by atoms with E-state index in [0.717, 1.165) is 11.3 Å². The lowest BCUT2D eigenvalue weighted by molar-refractivity contribution is -0.114. The highest BCUT2D eigenvalue weighted by Crippen LogP contribution is 2.29. The van der Waals surface area contributed by atoms with Gasteiger partial charge in [-0.2, -0.15) is 0 Å². The molecule has 4 nitrogen and oxygen atoms in total. The van der Waals surface area contributed by atoms with Gasteiger partial charge in [0.1, 0.15) is 5.75 Å². The average Bonchev–Trinajstić information content (AvgIpc) is 2.63. The van der Waals surface area contributed by atoms with Crippen LogP contribution in [0.1, 0.15) is 5.56 Å². The maximum Gasteiger partial charge on any atom is 0.243 e. The standard InChI is InChI=1S/C21H19ClN2O2/c1-15-11-12-18(17(22)13-15)23-14-21(25)24-19-9-5-6-10-20(19)26-16-7-3-2-4-8-16/h2-13,23H,14H2,1H3,(H,24,25). The van der Waals surface area contributed by atoms with Crippen LogP contribution in [-0.2, 0) is 4.79 Å². The van der Waals surface area contributed by atoms with Gasteiger partial charge in [-0.1, -0.05) is 48.0 Å². The van der Waals surface area contributed by atoms with Crippen molar-refractivity contribution in [2.24, 2.45) is 0 Å². The van der Waals surface area contributed by atoms with Gasteiger partial charge < -0.3 is 15.4 Å². The zero-order valence-corrected chi connectivity index (χ0v) is 15.1. The van der Waals surface area contributed by atoms with Gasteiger partial charge in [-0.25, -0.2) is 0 Å². The molecular weight excluding hydrogens is 348 g/mol. The number of hydrogen-bond acceptors (Lipinski definition) is 3. The SMILES string of the molecule is Cc1ccc(NCC(=O)Nc2ccccc2Oc2ccccc2)c(Cl)c1. The average molecular weight is 367 g/mol. The molecule has 132 valence electrons. The lowest BCUT2D eigenvalue weighted by Gasteiger charge is -2.13. The molecule has 0 aliphatic rings. The zero-order valence-electron chi connectivity index (χ0n) is 14.3. The predicted molar refractivity (Wildman–Crippen MR) is 106 cm³/mol. The number of rotatable bonds is 6. The summed E-state index contributed by atoms with van der Waals surface area (Å²) >= 11 is 6.17. The predicted octanol–water partition coefficient (Wildman–Crippen LogP) is 5.49. The molecule has 3 aromatic carbocycles. The molecular formula is C21H19ClN2O2. The fourth-order valence-corrected chi connectivity index (χ4v) is 2.71. The van der Waals surface area contributed by atoms with Crippen LogP contribution in [-0.4, -0.2) is 12.5 Å². The number of amides is 1. The molecule has 0 aliphatic heterocycles. The Labute approximate surface area is 157 Å². The van der Waals surface area contributed by atoms with Crippen LogP contribution in [0, 0.1) is 6.92 Å². The van der Waals surface area contributed by atoms with E-state index in [0.29, 0.717) is 22.2 Å². The van der Waals surface area contributed by atoms with E-state index in [1.54, 1.807) is 6.07 Å². The summed E-state index contributed by atoms with van der Waals surface area (Å²) in [7, 11) is 0. The fourth-order valence-electron chi connectivity index (χ4n) is 2.41. The summed E-state index contributed by atoms with van der Waals surface area (Å²) in [6.45, 7) is 2.06. The number of ether oxygens (including phenoxy) is 1. The number of carbonyl (C=O) groups is 1. The van der Waals surface area contributed by atoms with E-state index >= 15 is 0 Å². The van der Waals surface area contributed by atoms with Crippen LogP contribution < -0.4 is 15.4 Å². The van der Waals surface area contributed by atoms with Crippen LogP contribution in [0.15, 0.2) is 72.8 Å². The number of aryl methyl sites for hydroxylation is 1. The van der Waals surface area contributed by atoms with Crippen LogP contribution in [0.3, 0.4) is 0 Å². The summed E-state index contributed by atoms with van der Waals surface area (Å²) in [6.07, 6.45) is 0. The van der Waals surface area contributed by atoms with Crippen molar-refractivity contribution in [3.63, 3.8) is 0 Å². The Kier molecular flexibility index (Phi) is 5.77. The lowest BCUT2D eigenvalue weighted by Crippen LogP contribution is -2.22. The Balaban J connectivity index is 1.64. The van der Waals surface area contributed by atoms with E-state index in [-0.39, 0.29) is 12.5 Å². The second-order valence-corrected chi connectivity index (χ2v) is 6.20. The Morgan fingerprint density at radius 3 is 2.46 bits per heavy atom. The number of benzene rings is 3. The number of halogens is 1. The smallest absolute Gasteiger partial charge is 0.243 e. The Bertz CT molecular complexity index is 898. The second kappa shape index (κ2) is 8.41. The van der Waals surface area contributed by atoms with Gasteiger partial charge in [0.15, 0.2) is 5.75 Å². The Morgan fingerprint density at radius 2 is 1.69 bits per heavy atom. The van der Waals surface area contributed by atoms with Gasteiger partial charge in [0.2, 0.25) is 5.91 Å². The first-order valence-electron chi connectivity index (χ1n) is 8.23. The number of carbonyl (C=O) groups excluding carboxylic acids is 1. The van der Waals surface area contributed by atoms with E-state index in [1.807, 2.05) is 73.7 Å². The highest BCUT2D eigenvalue weighted by molar-refractivity contribution is 6.33. The summed E-state index contributed by atoms with van der Waals surface area (Å²) in [5.74, 6) is 1.10. The molecule has 3 rings (SSSR count). The second-order valence-electron chi connectivity index (χ2n) is 5.80. The molecule has 0 spiro atoms. The molecule has 5 heteroatoms. The molecule has 0 fully saturated rings. The summed E-state index contributed by atoms with van der Waals surface area (Å²) in [5.41, 5.74) is 2.40. The molecule has 0 aliphatic carbocycles. The molecule has 0 atom stereocenters. The van der Waals surface area contributed by atoms with Gasteiger partial charge >= 0.3 is 0 Å². The fraction of sp³-hybridized carbons (Fsp3) is 0.0952. The van der Waals surface area contributed by atoms with E-state index in [2.05, 4.69) is 10.6 Å². The quantitative estimate of drug-likeness (QED) is 0.606. The number of nitrogens with one attached hydrogen (secondary N) is 2. The van der Waals surface area contributed by atoms with E-state index in [9.17, 15) is 4.79 Å². The number of anilines is 2. The van der Waals surface area contributed by atoms with Gasteiger partial charge in [-0.3, -0.25) is 4.79 Å². The van der Waals surface area contributed by atoms with Crippen molar-refractivity contribution < 1.29 is 9.53 Å². The van der Waals surface area contributed by atoms with Crippen molar-refractivity contribution in [3.05, 3.63) is 83.4 Å². The summed E-state index contributed by atoms with van der Waals surface area (Å²) in [5, 5.41) is 6.50. The van der Waals surface area contributed by atoms with E-state index in [1.165, 1.54) is 0 Å². The number of para-hydroxylation sites is 3. The topological polar surface area (TPSA) is 50.4 Å². The van der Waals surface area contributed by atoms with E-state index in [4.69, 9.17) is 16.3 Å².